The Morgan fingerprint density at radius 1 is 1.03 bits per heavy atom. The Balaban J connectivity index is 1.66. The predicted octanol–water partition coefficient (Wildman–Crippen LogP) is 6.34. The molecule has 0 amide bonds. The molecule has 0 spiro atoms. The zero-order valence-electron chi connectivity index (χ0n) is 20.7. The fourth-order valence-corrected chi connectivity index (χ4v) is 5.58. The van der Waals surface area contributed by atoms with Crippen LogP contribution in [0.5, 0.6) is 5.75 Å². The van der Waals surface area contributed by atoms with Crippen molar-refractivity contribution < 1.29 is 22.3 Å². The van der Waals surface area contributed by atoms with E-state index in [9.17, 15) is 22.4 Å². The molecular formula is C28H27F4N3O2. The Morgan fingerprint density at radius 2 is 1.76 bits per heavy atom. The number of para-hydroxylation sites is 2. The van der Waals surface area contributed by atoms with Crippen LogP contribution in [0.2, 0.25) is 0 Å². The Bertz CT molecular complexity index is 1500. The van der Waals surface area contributed by atoms with Gasteiger partial charge in [-0.3, -0.25) is 9.13 Å². The average molecular weight is 514 g/mol. The first kappa shape index (κ1) is 24.9. The first-order chi connectivity index (χ1) is 17.6. The highest BCUT2D eigenvalue weighted by molar-refractivity contribution is 5.83. The maximum Gasteiger partial charge on any atom is 0.416 e. The number of methoxy groups -OCH3 is 1. The van der Waals surface area contributed by atoms with Gasteiger partial charge >= 0.3 is 11.9 Å². The van der Waals surface area contributed by atoms with Crippen LogP contribution < -0.4 is 15.3 Å². The van der Waals surface area contributed by atoms with Gasteiger partial charge in [-0.2, -0.15) is 13.2 Å². The normalized spacial score (nSPS) is 16.9. The molecular weight excluding hydrogens is 486 g/mol. The lowest BCUT2D eigenvalue weighted by molar-refractivity contribution is -0.138. The zero-order chi connectivity index (χ0) is 26.5. The first-order valence-corrected chi connectivity index (χ1v) is 12.1. The summed E-state index contributed by atoms with van der Waals surface area (Å²) >= 11 is 0. The molecule has 1 saturated heterocycles. The molecule has 0 N–H and O–H groups in total. The molecule has 1 aromatic heterocycles. The fraction of sp³-hybridized carbons (Fsp3) is 0.321. The Labute approximate surface area is 211 Å². The molecule has 0 radical (unpaired) electrons. The highest BCUT2D eigenvalue weighted by atomic mass is 19.4. The summed E-state index contributed by atoms with van der Waals surface area (Å²) in [5.74, 6) is 0.0685. The highest BCUT2D eigenvalue weighted by Crippen LogP contribution is 2.39. The van der Waals surface area contributed by atoms with Crippen molar-refractivity contribution in [1.82, 2.24) is 9.13 Å². The molecule has 0 saturated carbocycles. The van der Waals surface area contributed by atoms with Gasteiger partial charge in [0.05, 0.1) is 36.0 Å². The summed E-state index contributed by atoms with van der Waals surface area (Å²) in [5, 5.41) is 0. The molecule has 37 heavy (non-hydrogen) atoms. The summed E-state index contributed by atoms with van der Waals surface area (Å²) in [6.07, 6.45) is -3.99. The van der Waals surface area contributed by atoms with Gasteiger partial charge in [0.15, 0.2) is 0 Å². The van der Waals surface area contributed by atoms with E-state index < -0.39 is 23.5 Å². The van der Waals surface area contributed by atoms with E-state index in [1.54, 1.807) is 35.8 Å². The molecule has 2 atom stereocenters. The number of hydrogen-bond acceptors (Lipinski definition) is 3. The lowest BCUT2D eigenvalue weighted by Gasteiger charge is -2.22. The van der Waals surface area contributed by atoms with Crippen LogP contribution in [0.1, 0.15) is 42.1 Å². The van der Waals surface area contributed by atoms with Crippen LogP contribution >= 0.6 is 0 Å². The number of alkyl halides is 3. The largest absolute Gasteiger partial charge is 0.494 e. The molecule has 194 valence electrons. The molecule has 1 aliphatic heterocycles. The molecule has 9 heteroatoms. The van der Waals surface area contributed by atoms with Gasteiger partial charge in [0.2, 0.25) is 0 Å². The second-order valence-electron chi connectivity index (χ2n) is 9.41. The van der Waals surface area contributed by atoms with Crippen LogP contribution in [0.3, 0.4) is 0 Å². The molecule has 0 bridgehead atoms. The van der Waals surface area contributed by atoms with E-state index in [4.69, 9.17) is 4.74 Å². The van der Waals surface area contributed by atoms with Crippen LogP contribution in [-0.2, 0) is 6.18 Å². The number of imidazole rings is 1. The van der Waals surface area contributed by atoms with Crippen molar-refractivity contribution in [2.24, 2.45) is 0 Å². The highest BCUT2D eigenvalue weighted by Gasteiger charge is 2.36. The summed E-state index contributed by atoms with van der Waals surface area (Å²) in [6, 6.07) is 14.2. The number of nitrogens with zero attached hydrogens (tertiary/aromatic N) is 3. The second-order valence-corrected chi connectivity index (χ2v) is 9.41. The number of aryl methyl sites for hydroxylation is 1. The minimum Gasteiger partial charge on any atom is -0.494 e. The maximum atomic E-state index is 14.7. The number of rotatable bonds is 5. The third-order valence-corrected chi connectivity index (χ3v) is 7.25. The summed E-state index contributed by atoms with van der Waals surface area (Å²) in [4.78, 5) is 15.9. The van der Waals surface area contributed by atoms with Gasteiger partial charge in [-0.1, -0.05) is 36.4 Å². The van der Waals surface area contributed by atoms with E-state index >= 15 is 0 Å². The van der Waals surface area contributed by atoms with Crippen molar-refractivity contribution in [2.75, 3.05) is 25.1 Å². The topological polar surface area (TPSA) is 39.4 Å². The standard InChI is InChI=1S/C28H27F4N3O2/c1-17-8-6-11-22(29)25(17)33-15-14-19(16-33)35-23-12-7-13-24(37-3)26(23)34(27(35)36)18(2)20-9-4-5-10-21(20)28(30,31)32/h4-13,18-19H,14-16H2,1-3H3. The van der Waals surface area contributed by atoms with Crippen molar-refractivity contribution in [3.05, 3.63) is 93.7 Å². The quantitative estimate of drug-likeness (QED) is 0.293. The van der Waals surface area contributed by atoms with E-state index in [0.29, 0.717) is 42.0 Å². The summed E-state index contributed by atoms with van der Waals surface area (Å²) in [6.45, 7) is 4.37. The van der Waals surface area contributed by atoms with Crippen LogP contribution in [0.15, 0.2) is 65.5 Å². The van der Waals surface area contributed by atoms with Crippen molar-refractivity contribution in [3.8, 4) is 5.75 Å². The molecule has 5 nitrogen and oxygen atoms in total. The van der Waals surface area contributed by atoms with Crippen molar-refractivity contribution in [1.29, 1.82) is 0 Å². The Morgan fingerprint density at radius 3 is 2.46 bits per heavy atom. The number of halogens is 4. The Kier molecular flexibility index (Phi) is 6.25. The molecule has 3 aromatic carbocycles. The number of aromatic nitrogens is 2. The molecule has 4 aromatic rings. The number of ether oxygens (including phenoxy) is 1. The molecule has 2 heterocycles. The van der Waals surface area contributed by atoms with Gasteiger partial charge in [0.1, 0.15) is 17.1 Å². The van der Waals surface area contributed by atoms with Gasteiger partial charge in [-0.05, 0) is 55.7 Å². The van der Waals surface area contributed by atoms with E-state index in [-0.39, 0.29) is 17.4 Å². The van der Waals surface area contributed by atoms with Gasteiger partial charge in [0, 0.05) is 13.1 Å². The van der Waals surface area contributed by atoms with Crippen molar-refractivity contribution in [2.45, 2.75) is 38.5 Å². The average Bonchev–Trinajstić information content (AvgIpc) is 3.44. The fourth-order valence-electron chi connectivity index (χ4n) is 5.58. The SMILES string of the molecule is COc1cccc2c1n(C(C)c1ccccc1C(F)(F)F)c(=O)n2C1CCN(c2c(C)cccc2F)C1. The number of fused-ring (bicyclic) bond motifs is 1. The van der Waals surface area contributed by atoms with Crippen LogP contribution in [0.25, 0.3) is 11.0 Å². The predicted molar refractivity (Wildman–Crippen MR) is 135 cm³/mol. The summed E-state index contributed by atoms with van der Waals surface area (Å²) in [7, 11) is 1.47. The van der Waals surface area contributed by atoms with E-state index in [1.807, 2.05) is 17.9 Å². The molecule has 1 fully saturated rings. The smallest absolute Gasteiger partial charge is 0.416 e. The second kappa shape index (κ2) is 9.28. The van der Waals surface area contributed by atoms with Crippen molar-refractivity contribution >= 4 is 16.7 Å². The van der Waals surface area contributed by atoms with Gasteiger partial charge in [-0.25, -0.2) is 9.18 Å². The van der Waals surface area contributed by atoms with E-state index in [0.717, 1.165) is 11.6 Å². The van der Waals surface area contributed by atoms with Gasteiger partial charge < -0.3 is 9.64 Å². The molecule has 5 rings (SSSR count). The maximum absolute atomic E-state index is 14.7. The minimum atomic E-state index is -4.57. The molecule has 1 aliphatic rings. The zero-order valence-corrected chi connectivity index (χ0v) is 20.7. The van der Waals surface area contributed by atoms with E-state index in [2.05, 4.69) is 0 Å². The van der Waals surface area contributed by atoms with Crippen LogP contribution in [0, 0.1) is 12.7 Å². The Hall–Kier alpha value is -3.75. The third-order valence-electron chi connectivity index (χ3n) is 7.25. The lowest BCUT2D eigenvalue weighted by atomic mass is 10.0. The lowest BCUT2D eigenvalue weighted by Crippen LogP contribution is -2.31. The van der Waals surface area contributed by atoms with E-state index in [1.165, 1.54) is 35.9 Å². The van der Waals surface area contributed by atoms with Crippen molar-refractivity contribution in [3.63, 3.8) is 0 Å². The number of hydrogen-bond donors (Lipinski definition) is 0. The number of anilines is 1. The third kappa shape index (κ3) is 4.16. The monoisotopic (exact) mass is 513 g/mol. The van der Waals surface area contributed by atoms with Gasteiger partial charge in [-0.15, -0.1) is 0 Å². The summed E-state index contributed by atoms with van der Waals surface area (Å²) in [5.41, 5.74) is 1.09. The van der Waals surface area contributed by atoms with Crippen LogP contribution in [-0.4, -0.2) is 29.3 Å². The van der Waals surface area contributed by atoms with Gasteiger partial charge in [0.25, 0.3) is 0 Å². The molecule has 0 aliphatic carbocycles. The summed E-state index contributed by atoms with van der Waals surface area (Å²) < 4.78 is 64.8. The minimum absolute atomic E-state index is 0.00270. The number of benzene rings is 3. The molecule has 2 unspecified atom stereocenters. The van der Waals surface area contributed by atoms with Crippen LogP contribution in [0.4, 0.5) is 23.2 Å². The first-order valence-electron chi connectivity index (χ1n) is 12.1.